The number of oxazole rings is 1. The molecule has 0 fully saturated rings. The van der Waals surface area contributed by atoms with Crippen LogP contribution >= 0.6 is 0 Å². The van der Waals surface area contributed by atoms with Gasteiger partial charge in [0.2, 0.25) is 5.58 Å². The highest BCUT2D eigenvalue weighted by molar-refractivity contribution is 5.68. The first-order valence-electron chi connectivity index (χ1n) is 6.72. The zero-order chi connectivity index (χ0) is 13.8. The van der Waals surface area contributed by atoms with E-state index in [0.29, 0.717) is 12.3 Å². The molecule has 0 spiro atoms. The summed E-state index contributed by atoms with van der Waals surface area (Å²) in [7, 11) is 0. The van der Waals surface area contributed by atoms with Crippen molar-refractivity contribution in [2.45, 2.75) is 19.9 Å². The Kier molecular flexibility index (Phi) is 3.54. The highest BCUT2D eigenvalue weighted by atomic mass is 16.3. The van der Waals surface area contributed by atoms with Gasteiger partial charge in [-0.15, -0.1) is 0 Å². The SMILES string of the molecule is CC[n+]1cccc2oc(CC=Nc3ccccc3)nc21. The van der Waals surface area contributed by atoms with Crippen molar-refractivity contribution in [3.8, 4) is 0 Å². The van der Waals surface area contributed by atoms with Crippen molar-refractivity contribution in [1.82, 2.24) is 4.98 Å². The Morgan fingerprint density at radius 3 is 2.85 bits per heavy atom. The number of nitrogens with zero attached hydrogens (tertiary/aromatic N) is 3. The van der Waals surface area contributed by atoms with Crippen LogP contribution in [0.5, 0.6) is 0 Å². The second-order valence-electron chi connectivity index (χ2n) is 4.44. The summed E-state index contributed by atoms with van der Waals surface area (Å²) in [5.74, 6) is 0.688. The summed E-state index contributed by atoms with van der Waals surface area (Å²) in [4.78, 5) is 8.90. The lowest BCUT2D eigenvalue weighted by molar-refractivity contribution is -0.669. The Bertz CT molecular complexity index is 732. The van der Waals surface area contributed by atoms with Gasteiger partial charge in [-0.25, -0.2) is 4.57 Å². The molecule has 4 heteroatoms. The summed E-state index contributed by atoms with van der Waals surface area (Å²) >= 11 is 0. The molecular weight excluding hydrogens is 250 g/mol. The van der Waals surface area contributed by atoms with Gasteiger partial charge in [-0.3, -0.25) is 4.99 Å². The molecule has 0 atom stereocenters. The van der Waals surface area contributed by atoms with Crippen molar-refractivity contribution in [3.63, 3.8) is 0 Å². The van der Waals surface area contributed by atoms with E-state index in [-0.39, 0.29) is 0 Å². The number of para-hydroxylation sites is 1. The number of hydrogen-bond donors (Lipinski definition) is 0. The summed E-state index contributed by atoms with van der Waals surface area (Å²) < 4.78 is 7.79. The molecule has 1 aromatic carbocycles. The van der Waals surface area contributed by atoms with E-state index >= 15 is 0 Å². The quantitative estimate of drug-likeness (QED) is 0.538. The van der Waals surface area contributed by atoms with Gasteiger partial charge in [-0.05, 0) is 36.2 Å². The molecule has 0 bridgehead atoms. The molecular formula is C16H16N3O+. The highest BCUT2D eigenvalue weighted by Crippen LogP contribution is 2.12. The second-order valence-corrected chi connectivity index (χ2v) is 4.44. The predicted molar refractivity (Wildman–Crippen MR) is 78.2 cm³/mol. The van der Waals surface area contributed by atoms with Crippen LogP contribution in [0.2, 0.25) is 0 Å². The van der Waals surface area contributed by atoms with E-state index in [4.69, 9.17) is 4.42 Å². The molecule has 2 heterocycles. The van der Waals surface area contributed by atoms with Crippen LogP contribution in [0.4, 0.5) is 5.69 Å². The zero-order valence-corrected chi connectivity index (χ0v) is 11.4. The van der Waals surface area contributed by atoms with E-state index in [0.717, 1.165) is 23.5 Å². The molecule has 20 heavy (non-hydrogen) atoms. The van der Waals surface area contributed by atoms with Crippen LogP contribution in [-0.2, 0) is 13.0 Å². The Hall–Kier alpha value is -2.49. The molecule has 3 rings (SSSR count). The third-order valence-corrected chi connectivity index (χ3v) is 3.07. The van der Waals surface area contributed by atoms with Crippen LogP contribution in [0.3, 0.4) is 0 Å². The van der Waals surface area contributed by atoms with E-state index in [1.165, 1.54) is 0 Å². The average Bonchev–Trinajstić information content (AvgIpc) is 2.91. The summed E-state index contributed by atoms with van der Waals surface area (Å²) in [5, 5.41) is 0. The lowest BCUT2D eigenvalue weighted by atomic mass is 10.3. The molecule has 0 unspecified atom stereocenters. The number of benzene rings is 1. The number of pyridine rings is 1. The second kappa shape index (κ2) is 5.65. The van der Waals surface area contributed by atoms with E-state index < -0.39 is 0 Å². The minimum Gasteiger partial charge on any atom is -0.414 e. The molecule has 0 saturated carbocycles. The molecule has 3 aromatic rings. The van der Waals surface area contributed by atoms with Crippen molar-refractivity contribution in [2.24, 2.45) is 4.99 Å². The molecule has 0 radical (unpaired) electrons. The topological polar surface area (TPSA) is 42.3 Å². The molecule has 0 aliphatic carbocycles. The number of rotatable bonds is 4. The molecule has 0 aliphatic heterocycles. The van der Waals surface area contributed by atoms with Gasteiger partial charge >= 0.3 is 11.5 Å². The van der Waals surface area contributed by atoms with Crippen molar-refractivity contribution >= 4 is 23.1 Å². The summed E-state index contributed by atoms with van der Waals surface area (Å²) in [6.07, 6.45) is 4.43. The van der Waals surface area contributed by atoms with Crippen molar-refractivity contribution in [1.29, 1.82) is 0 Å². The van der Waals surface area contributed by atoms with Crippen LogP contribution in [0.25, 0.3) is 11.2 Å². The number of hydrogen-bond acceptors (Lipinski definition) is 3. The molecule has 0 amide bonds. The van der Waals surface area contributed by atoms with E-state index in [1.807, 2.05) is 54.9 Å². The number of aliphatic imine (C=N–C) groups is 1. The van der Waals surface area contributed by atoms with Gasteiger partial charge in [0.15, 0.2) is 0 Å². The van der Waals surface area contributed by atoms with Gasteiger partial charge < -0.3 is 4.42 Å². The largest absolute Gasteiger partial charge is 0.414 e. The lowest BCUT2D eigenvalue weighted by Crippen LogP contribution is -2.32. The molecule has 0 saturated heterocycles. The predicted octanol–water partition coefficient (Wildman–Crippen LogP) is 3.08. The fourth-order valence-corrected chi connectivity index (χ4v) is 2.07. The monoisotopic (exact) mass is 266 g/mol. The Balaban J connectivity index is 1.80. The summed E-state index contributed by atoms with van der Waals surface area (Å²) in [6, 6.07) is 13.8. The summed E-state index contributed by atoms with van der Waals surface area (Å²) in [5.41, 5.74) is 2.64. The Morgan fingerprint density at radius 2 is 2.05 bits per heavy atom. The van der Waals surface area contributed by atoms with E-state index in [9.17, 15) is 0 Å². The van der Waals surface area contributed by atoms with Crippen LogP contribution in [0.15, 0.2) is 58.1 Å². The van der Waals surface area contributed by atoms with Crippen LogP contribution in [0, 0.1) is 0 Å². The van der Waals surface area contributed by atoms with Crippen LogP contribution < -0.4 is 4.57 Å². The van der Waals surface area contributed by atoms with Gasteiger partial charge in [0.25, 0.3) is 0 Å². The van der Waals surface area contributed by atoms with Crippen molar-refractivity contribution < 1.29 is 8.98 Å². The van der Waals surface area contributed by atoms with Gasteiger partial charge in [0, 0.05) is 6.21 Å². The van der Waals surface area contributed by atoms with E-state index in [2.05, 4.69) is 21.5 Å². The average molecular weight is 266 g/mol. The fourth-order valence-electron chi connectivity index (χ4n) is 2.07. The first kappa shape index (κ1) is 12.5. The normalized spacial score (nSPS) is 11.4. The lowest BCUT2D eigenvalue weighted by Gasteiger charge is -1.91. The third kappa shape index (κ3) is 2.59. The van der Waals surface area contributed by atoms with Crippen molar-refractivity contribution in [3.05, 3.63) is 54.6 Å². The number of aryl methyl sites for hydroxylation is 1. The first-order valence-corrected chi connectivity index (χ1v) is 6.72. The molecule has 4 nitrogen and oxygen atoms in total. The molecule has 0 aliphatic rings. The summed E-state index contributed by atoms with van der Waals surface area (Å²) in [6.45, 7) is 2.96. The maximum Gasteiger partial charge on any atom is 0.370 e. The van der Waals surface area contributed by atoms with Gasteiger partial charge in [-0.1, -0.05) is 18.2 Å². The number of fused-ring (bicyclic) bond motifs is 1. The third-order valence-electron chi connectivity index (χ3n) is 3.07. The molecule has 0 N–H and O–H groups in total. The Morgan fingerprint density at radius 1 is 1.20 bits per heavy atom. The van der Waals surface area contributed by atoms with Crippen LogP contribution in [0.1, 0.15) is 12.8 Å². The molecule has 100 valence electrons. The van der Waals surface area contributed by atoms with Crippen molar-refractivity contribution in [2.75, 3.05) is 0 Å². The van der Waals surface area contributed by atoms with Gasteiger partial charge in [0.05, 0.1) is 24.8 Å². The Labute approximate surface area is 117 Å². The van der Waals surface area contributed by atoms with Gasteiger partial charge in [-0.2, -0.15) is 0 Å². The smallest absolute Gasteiger partial charge is 0.370 e. The van der Waals surface area contributed by atoms with Crippen LogP contribution in [-0.4, -0.2) is 11.2 Å². The van der Waals surface area contributed by atoms with Gasteiger partial charge in [0.1, 0.15) is 0 Å². The fraction of sp³-hybridized carbons (Fsp3) is 0.188. The maximum atomic E-state index is 5.73. The van der Waals surface area contributed by atoms with E-state index in [1.54, 1.807) is 0 Å². The minimum absolute atomic E-state index is 0.591. The molecule has 2 aromatic heterocycles. The highest BCUT2D eigenvalue weighted by Gasteiger charge is 2.16. The first-order chi connectivity index (χ1) is 9.86. The zero-order valence-electron chi connectivity index (χ0n) is 11.4. The number of aromatic nitrogens is 2. The minimum atomic E-state index is 0.591. The standard InChI is InChI=1S/C16H16N3O/c1-2-19-12-6-9-14-16(19)18-15(20-14)10-11-17-13-7-4-3-5-8-13/h3-9,11-12H,2,10H2,1H3/q+1. The maximum absolute atomic E-state index is 5.73.